The second-order valence-corrected chi connectivity index (χ2v) is 5.44. The number of halogens is 2. The molecule has 0 radical (unpaired) electrons. The van der Waals surface area contributed by atoms with Crippen LogP contribution in [0.15, 0.2) is 12.1 Å². The second-order valence-electron chi connectivity index (χ2n) is 4.97. The zero-order valence-corrected chi connectivity index (χ0v) is 11.4. The number of alkyl halides is 1. The molecule has 0 aliphatic carbocycles. The molecule has 0 aromatic heterocycles. The SMILES string of the molecule is Cc1cc(C(Cl)C(C)C(C)C)cc(C)c1F. The highest BCUT2D eigenvalue weighted by atomic mass is 35.5. The summed E-state index contributed by atoms with van der Waals surface area (Å²) in [5.74, 6) is 0.781. The van der Waals surface area contributed by atoms with Gasteiger partial charge in [-0.05, 0) is 42.4 Å². The van der Waals surface area contributed by atoms with E-state index in [0.717, 1.165) is 5.56 Å². The minimum absolute atomic E-state index is 0.0435. The monoisotopic (exact) mass is 242 g/mol. The number of hydrogen-bond donors (Lipinski definition) is 0. The van der Waals surface area contributed by atoms with Crippen molar-refractivity contribution in [3.05, 3.63) is 34.6 Å². The molecule has 0 nitrogen and oxygen atoms in total. The van der Waals surface area contributed by atoms with E-state index in [9.17, 15) is 4.39 Å². The van der Waals surface area contributed by atoms with E-state index >= 15 is 0 Å². The molecule has 0 N–H and O–H groups in total. The maximum Gasteiger partial charge on any atom is 0.129 e. The van der Waals surface area contributed by atoms with E-state index in [1.165, 1.54) is 0 Å². The standard InChI is InChI=1S/C14H20ClF/c1-8(2)11(5)13(15)12-6-9(3)14(16)10(4)7-12/h6-8,11,13H,1-5H3. The van der Waals surface area contributed by atoms with Crippen LogP contribution in [0.1, 0.15) is 42.8 Å². The van der Waals surface area contributed by atoms with Gasteiger partial charge in [0.1, 0.15) is 5.82 Å². The topological polar surface area (TPSA) is 0 Å². The summed E-state index contributed by atoms with van der Waals surface area (Å²) in [6.45, 7) is 10.0. The average molecular weight is 243 g/mol. The highest BCUT2D eigenvalue weighted by molar-refractivity contribution is 6.21. The fraction of sp³-hybridized carbons (Fsp3) is 0.571. The van der Waals surface area contributed by atoms with Crippen molar-refractivity contribution in [1.29, 1.82) is 0 Å². The van der Waals surface area contributed by atoms with Gasteiger partial charge in [-0.1, -0.05) is 32.9 Å². The van der Waals surface area contributed by atoms with Gasteiger partial charge in [0, 0.05) is 0 Å². The van der Waals surface area contributed by atoms with Gasteiger partial charge in [-0.15, -0.1) is 11.6 Å². The first kappa shape index (κ1) is 13.5. The first-order chi connectivity index (χ1) is 7.34. The lowest BCUT2D eigenvalue weighted by molar-refractivity contribution is 0.406. The summed E-state index contributed by atoms with van der Waals surface area (Å²) >= 11 is 6.43. The molecule has 0 fully saturated rings. The molecule has 1 rings (SSSR count). The molecule has 2 unspecified atom stereocenters. The van der Waals surface area contributed by atoms with Crippen molar-refractivity contribution in [3.63, 3.8) is 0 Å². The number of hydrogen-bond acceptors (Lipinski definition) is 0. The van der Waals surface area contributed by atoms with Crippen molar-refractivity contribution in [3.8, 4) is 0 Å². The summed E-state index contributed by atoms with van der Waals surface area (Å²) < 4.78 is 13.5. The predicted molar refractivity (Wildman–Crippen MR) is 68.5 cm³/mol. The summed E-state index contributed by atoms with van der Waals surface area (Å²) in [5, 5.41) is -0.0435. The minimum atomic E-state index is -0.121. The van der Waals surface area contributed by atoms with Crippen LogP contribution in [0.3, 0.4) is 0 Å². The maximum atomic E-state index is 13.5. The third-order valence-electron chi connectivity index (χ3n) is 3.29. The van der Waals surface area contributed by atoms with Crippen molar-refractivity contribution in [2.75, 3.05) is 0 Å². The van der Waals surface area contributed by atoms with Crippen molar-refractivity contribution < 1.29 is 4.39 Å². The zero-order valence-electron chi connectivity index (χ0n) is 10.6. The van der Waals surface area contributed by atoms with Gasteiger partial charge in [0.15, 0.2) is 0 Å². The summed E-state index contributed by atoms with van der Waals surface area (Å²) in [7, 11) is 0. The van der Waals surface area contributed by atoms with Crippen molar-refractivity contribution >= 4 is 11.6 Å². The highest BCUT2D eigenvalue weighted by Crippen LogP contribution is 2.34. The number of rotatable bonds is 3. The Morgan fingerprint density at radius 3 is 1.88 bits per heavy atom. The van der Waals surface area contributed by atoms with Crippen molar-refractivity contribution in [2.45, 2.75) is 40.0 Å². The van der Waals surface area contributed by atoms with Gasteiger partial charge < -0.3 is 0 Å². The van der Waals surface area contributed by atoms with E-state index in [0.29, 0.717) is 23.0 Å². The Bertz CT molecular complexity index is 348. The largest absolute Gasteiger partial charge is 0.206 e. The van der Waals surface area contributed by atoms with Gasteiger partial charge in [0.05, 0.1) is 5.38 Å². The molecular weight excluding hydrogens is 223 g/mol. The lowest BCUT2D eigenvalue weighted by atomic mass is 9.89. The molecule has 0 bridgehead atoms. The van der Waals surface area contributed by atoms with Gasteiger partial charge in [-0.25, -0.2) is 4.39 Å². The minimum Gasteiger partial charge on any atom is -0.206 e. The van der Waals surface area contributed by atoms with Gasteiger partial charge >= 0.3 is 0 Å². The number of aryl methyl sites for hydroxylation is 2. The molecule has 0 aliphatic heterocycles. The fourth-order valence-electron chi connectivity index (χ4n) is 1.78. The van der Waals surface area contributed by atoms with Crippen LogP contribution >= 0.6 is 11.6 Å². The van der Waals surface area contributed by atoms with Crippen molar-refractivity contribution in [2.24, 2.45) is 11.8 Å². The molecule has 2 heteroatoms. The molecule has 0 amide bonds. The highest BCUT2D eigenvalue weighted by Gasteiger charge is 2.20. The van der Waals surface area contributed by atoms with Crippen LogP contribution in [0.2, 0.25) is 0 Å². The van der Waals surface area contributed by atoms with E-state index in [4.69, 9.17) is 11.6 Å². The first-order valence-electron chi connectivity index (χ1n) is 5.75. The van der Waals surface area contributed by atoms with Crippen LogP contribution in [0.4, 0.5) is 4.39 Å². The smallest absolute Gasteiger partial charge is 0.129 e. The van der Waals surface area contributed by atoms with E-state index in [1.54, 1.807) is 13.8 Å². The third-order valence-corrected chi connectivity index (χ3v) is 3.94. The summed E-state index contributed by atoms with van der Waals surface area (Å²) in [6, 6.07) is 3.72. The molecule has 0 heterocycles. The molecule has 2 atom stereocenters. The molecule has 0 spiro atoms. The Morgan fingerprint density at radius 1 is 1.06 bits per heavy atom. The van der Waals surface area contributed by atoms with Crippen LogP contribution in [0.5, 0.6) is 0 Å². The average Bonchev–Trinajstić information content (AvgIpc) is 2.22. The Kier molecular flexibility index (Phi) is 4.37. The Hall–Kier alpha value is -0.560. The summed E-state index contributed by atoms with van der Waals surface area (Å²) in [4.78, 5) is 0. The lowest BCUT2D eigenvalue weighted by Gasteiger charge is -2.22. The van der Waals surface area contributed by atoms with Crippen LogP contribution in [-0.4, -0.2) is 0 Å². The molecule has 1 aromatic rings. The molecule has 90 valence electrons. The van der Waals surface area contributed by atoms with Crippen LogP contribution < -0.4 is 0 Å². The first-order valence-corrected chi connectivity index (χ1v) is 6.19. The van der Waals surface area contributed by atoms with E-state index in [2.05, 4.69) is 20.8 Å². The quantitative estimate of drug-likeness (QED) is 0.654. The van der Waals surface area contributed by atoms with Gasteiger partial charge in [0.2, 0.25) is 0 Å². The van der Waals surface area contributed by atoms with Gasteiger partial charge in [-0.3, -0.25) is 0 Å². The normalized spacial score (nSPS) is 15.2. The predicted octanol–water partition coefficient (Wildman–Crippen LogP) is 5.01. The Labute approximate surface area is 103 Å². The van der Waals surface area contributed by atoms with E-state index in [-0.39, 0.29) is 11.2 Å². The molecule has 0 aliphatic rings. The second kappa shape index (κ2) is 5.18. The molecule has 0 saturated carbocycles. The Morgan fingerprint density at radius 2 is 1.50 bits per heavy atom. The molecule has 16 heavy (non-hydrogen) atoms. The van der Waals surface area contributed by atoms with Crippen LogP contribution in [-0.2, 0) is 0 Å². The van der Waals surface area contributed by atoms with E-state index in [1.807, 2.05) is 12.1 Å². The summed E-state index contributed by atoms with van der Waals surface area (Å²) in [6.07, 6.45) is 0. The van der Waals surface area contributed by atoms with Crippen LogP contribution in [0, 0.1) is 31.5 Å². The van der Waals surface area contributed by atoms with Crippen LogP contribution in [0.25, 0.3) is 0 Å². The van der Waals surface area contributed by atoms with E-state index < -0.39 is 0 Å². The van der Waals surface area contributed by atoms with Crippen molar-refractivity contribution in [1.82, 2.24) is 0 Å². The molecular formula is C14H20ClF. The third kappa shape index (κ3) is 2.76. The Balaban J connectivity index is 3.05. The summed E-state index contributed by atoms with van der Waals surface area (Å²) in [5.41, 5.74) is 2.38. The van der Waals surface area contributed by atoms with Gasteiger partial charge in [0.25, 0.3) is 0 Å². The fourth-order valence-corrected chi connectivity index (χ4v) is 2.20. The maximum absolute atomic E-state index is 13.5. The van der Waals surface area contributed by atoms with Gasteiger partial charge in [-0.2, -0.15) is 0 Å². The molecule has 0 saturated heterocycles. The molecule has 1 aromatic carbocycles. The zero-order chi connectivity index (χ0) is 12.5. The number of benzene rings is 1. The lowest BCUT2D eigenvalue weighted by Crippen LogP contribution is -2.11.